The van der Waals surface area contributed by atoms with Crippen LogP contribution in [0.25, 0.3) is 132 Å². The summed E-state index contributed by atoms with van der Waals surface area (Å²) in [5.41, 5.74) is 15.9. The van der Waals surface area contributed by atoms with Crippen LogP contribution < -0.4 is 0 Å². The summed E-state index contributed by atoms with van der Waals surface area (Å²) in [6.07, 6.45) is 0. The lowest BCUT2D eigenvalue weighted by atomic mass is 9.84. The monoisotopic (exact) mass is 760 g/mol. The molecule has 0 N–H and O–H groups in total. The van der Waals surface area contributed by atoms with Gasteiger partial charge in [0, 0.05) is 22.3 Å². The third-order valence-electron chi connectivity index (χ3n) is 12.3. The van der Waals surface area contributed by atoms with Gasteiger partial charge in [-0.1, -0.05) is 152 Å². The first-order chi connectivity index (χ1) is 29.8. The van der Waals surface area contributed by atoms with Crippen molar-refractivity contribution in [2.45, 2.75) is 0 Å². The molecule has 4 heteroatoms. The molecule has 0 aliphatic heterocycles. The van der Waals surface area contributed by atoms with Gasteiger partial charge in [-0.05, 0) is 108 Å². The van der Waals surface area contributed by atoms with Crippen molar-refractivity contribution in [3.05, 3.63) is 194 Å². The summed E-state index contributed by atoms with van der Waals surface area (Å²) >= 11 is 0. The molecule has 60 heavy (non-hydrogen) atoms. The van der Waals surface area contributed by atoms with Crippen LogP contribution in [0.2, 0.25) is 0 Å². The number of rotatable bonds is 4. The molecule has 0 saturated carbocycles. The average molecular weight is 761 g/mol. The van der Waals surface area contributed by atoms with Gasteiger partial charge >= 0.3 is 0 Å². The number of hydrogen-bond donors (Lipinski definition) is 0. The molecule has 0 saturated heterocycles. The SMILES string of the molecule is c1ccc(-c2nc3ccccc3nc2-c2c3ccccc3c(-c3nc4ccccc4nc3-c3ccccc3)c3cc4c(cc23)-c2cccc3c2c-4cc2ccccc23)cc1. The van der Waals surface area contributed by atoms with E-state index in [0.717, 1.165) is 88.6 Å². The molecule has 13 rings (SSSR count). The van der Waals surface area contributed by atoms with Gasteiger partial charge in [0.2, 0.25) is 0 Å². The van der Waals surface area contributed by atoms with E-state index in [2.05, 4.69) is 170 Å². The van der Waals surface area contributed by atoms with Gasteiger partial charge in [-0.25, -0.2) is 19.9 Å². The Balaban J connectivity index is 1.25. The average Bonchev–Trinajstić information content (AvgIpc) is 3.62. The quantitative estimate of drug-likeness (QED) is 0.132. The Morgan fingerprint density at radius 3 is 1.20 bits per heavy atom. The second-order valence-electron chi connectivity index (χ2n) is 15.7. The third-order valence-corrected chi connectivity index (χ3v) is 12.3. The van der Waals surface area contributed by atoms with E-state index in [0.29, 0.717) is 0 Å². The maximum atomic E-state index is 5.55. The van der Waals surface area contributed by atoms with Gasteiger partial charge in [-0.15, -0.1) is 0 Å². The van der Waals surface area contributed by atoms with Gasteiger partial charge < -0.3 is 0 Å². The Hall–Kier alpha value is -8.08. The molecule has 2 heterocycles. The molecule has 0 fully saturated rings. The number of fused-ring (bicyclic) bond motifs is 9. The van der Waals surface area contributed by atoms with Crippen molar-refractivity contribution in [1.82, 2.24) is 19.9 Å². The van der Waals surface area contributed by atoms with Gasteiger partial charge in [0.15, 0.2) is 0 Å². The van der Waals surface area contributed by atoms with Crippen molar-refractivity contribution >= 4 is 65.2 Å². The highest BCUT2D eigenvalue weighted by atomic mass is 14.8. The fourth-order valence-corrected chi connectivity index (χ4v) is 9.72. The third kappa shape index (κ3) is 4.79. The second-order valence-corrected chi connectivity index (χ2v) is 15.7. The zero-order chi connectivity index (χ0) is 39.3. The molecular weight excluding hydrogens is 729 g/mol. The fraction of sp³-hybridized carbons (Fsp3) is 0. The van der Waals surface area contributed by atoms with Gasteiger partial charge in [-0.3, -0.25) is 0 Å². The van der Waals surface area contributed by atoms with Crippen molar-refractivity contribution in [1.29, 1.82) is 0 Å². The Morgan fingerprint density at radius 2 is 0.667 bits per heavy atom. The minimum Gasteiger partial charge on any atom is -0.244 e. The summed E-state index contributed by atoms with van der Waals surface area (Å²) in [4.78, 5) is 21.9. The van der Waals surface area contributed by atoms with Crippen LogP contribution in [0.5, 0.6) is 0 Å². The van der Waals surface area contributed by atoms with E-state index in [1.807, 2.05) is 24.3 Å². The predicted octanol–water partition coefficient (Wildman–Crippen LogP) is 14.5. The summed E-state index contributed by atoms with van der Waals surface area (Å²) < 4.78 is 0. The summed E-state index contributed by atoms with van der Waals surface area (Å²) in [7, 11) is 0. The topological polar surface area (TPSA) is 51.6 Å². The van der Waals surface area contributed by atoms with Crippen LogP contribution in [0.3, 0.4) is 0 Å². The van der Waals surface area contributed by atoms with Crippen LogP contribution in [0.1, 0.15) is 0 Å². The van der Waals surface area contributed by atoms with E-state index < -0.39 is 0 Å². The Bertz CT molecular complexity index is 3760. The van der Waals surface area contributed by atoms with E-state index in [1.54, 1.807) is 0 Å². The van der Waals surface area contributed by atoms with E-state index in [9.17, 15) is 0 Å². The first-order valence-electron chi connectivity index (χ1n) is 20.4. The van der Waals surface area contributed by atoms with Crippen molar-refractivity contribution in [2.24, 2.45) is 0 Å². The van der Waals surface area contributed by atoms with Crippen LogP contribution in [0.15, 0.2) is 194 Å². The standard InChI is InChI=1S/C56H32N4/c1-3-16-33(17-4-1)53-55(59-48-28-13-11-26-46(48)57-53)51-38-22-9-10-23-39(38)52(56-54(34-18-5-2-6-19-34)58-47-27-12-14-29-49(47)60-56)45-32-42-41(31-44(45)51)40-25-15-24-37-36-21-8-7-20-35(36)30-43(42)50(37)40/h1-32H. The molecule has 2 aromatic heterocycles. The molecule has 0 bridgehead atoms. The molecule has 0 unspecified atom stereocenters. The first-order valence-corrected chi connectivity index (χ1v) is 20.4. The number of para-hydroxylation sites is 4. The Kier molecular flexibility index (Phi) is 6.98. The summed E-state index contributed by atoms with van der Waals surface area (Å²) in [5, 5.41) is 9.39. The molecule has 4 nitrogen and oxygen atoms in total. The Labute approximate surface area is 345 Å². The van der Waals surface area contributed by atoms with Crippen LogP contribution in [-0.4, -0.2) is 19.9 Å². The van der Waals surface area contributed by atoms with Crippen LogP contribution in [-0.2, 0) is 0 Å². The fourth-order valence-electron chi connectivity index (χ4n) is 9.72. The molecule has 1 aliphatic carbocycles. The zero-order valence-electron chi connectivity index (χ0n) is 32.3. The lowest BCUT2D eigenvalue weighted by Crippen LogP contribution is -2.01. The Morgan fingerprint density at radius 1 is 0.250 bits per heavy atom. The number of aromatic nitrogens is 4. The number of nitrogens with zero attached hydrogens (tertiary/aromatic N) is 4. The maximum Gasteiger partial charge on any atom is 0.0985 e. The van der Waals surface area contributed by atoms with Crippen molar-refractivity contribution in [3.8, 4) is 67.3 Å². The highest BCUT2D eigenvalue weighted by Crippen LogP contribution is 2.54. The van der Waals surface area contributed by atoms with Gasteiger partial charge in [0.05, 0.1) is 44.8 Å². The highest BCUT2D eigenvalue weighted by molar-refractivity contribution is 6.28. The second kappa shape index (κ2) is 12.7. The lowest BCUT2D eigenvalue weighted by Gasteiger charge is -2.21. The van der Waals surface area contributed by atoms with Crippen LogP contribution in [0, 0.1) is 0 Å². The highest BCUT2D eigenvalue weighted by Gasteiger charge is 2.29. The molecule has 1 aliphatic rings. The lowest BCUT2D eigenvalue weighted by molar-refractivity contribution is 1.30. The van der Waals surface area contributed by atoms with E-state index in [4.69, 9.17) is 19.9 Å². The normalized spacial score (nSPS) is 12.0. The smallest absolute Gasteiger partial charge is 0.0985 e. The molecule has 10 aromatic carbocycles. The van der Waals surface area contributed by atoms with Crippen molar-refractivity contribution in [3.63, 3.8) is 0 Å². The molecular formula is C56H32N4. The zero-order valence-corrected chi connectivity index (χ0v) is 32.3. The molecule has 0 atom stereocenters. The molecule has 0 radical (unpaired) electrons. The minimum absolute atomic E-state index is 0.847. The number of hydrogen-bond acceptors (Lipinski definition) is 4. The van der Waals surface area contributed by atoms with Gasteiger partial charge in [-0.2, -0.15) is 0 Å². The molecule has 0 amide bonds. The van der Waals surface area contributed by atoms with E-state index in [1.165, 1.54) is 43.8 Å². The van der Waals surface area contributed by atoms with Crippen molar-refractivity contribution < 1.29 is 0 Å². The largest absolute Gasteiger partial charge is 0.244 e. The first kappa shape index (κ1) is 32.9. The molecule has 276 valence electrons. The number of benzene rings is 10. The van der Waals surface area contributed by atoms with Gasteiger partial charge in [0.25, 0.3) is 0 Å². The van der Waals surface area contributed by atoms with Crippen molar-refractivity contribution in [2.75, 3.05) is 0 Å². The summed E-state index contributed by atoms with van der Waals surface area (Å²) in [6, 6.07) is 68.9. The molecule has 0 spiro atoms. The summed E-state index contributed by atoms with van der Waals surface area (Å²) in [5.74, 6) is 0. The van der Waals surface area contributed by atoms with Crippen LogP contribution >= 0.6 is 0 Å². The minimum atomic E-state index is 0.847. The van der Waals surface area contributed by atoms with Crippen LogP contribution in [0.4, 0.5) is 0 Å². The maximum absolute atomic E-state index is 5.55. The predicted molar refractivity (Wildman–Crippen MR) is 249 cm³/mol. The van der Waals surface area contributed by atoms with Gasteiger partial charge in [0.1, 0.15) is 0 Å². The molecule has 12 aromatic rings. The summed E-state index contributed by atoms with van der Waals surface area (Å²) in [6.45, 7) is 0. The van der Waals surface area contributed by atoms with E-state index in [-0.39, 0.29) is 0 Å². The van der Waals surface area contributed by atoms with E-state index >= 15 is 0 Å².